The minimum Gasteiger partial charge on any atom is -0.314 e. The van der Waals surface area contributed by atoms with Gasteiger partial charge in [-0.3, -0.25) is 0 Å². The predicted molar refractivity (Wildman–Crippen MR) is 65.5 cm³/mol. The van der Waals surface area contributed by atoms with Crippen LogP contribution in [0.15, 0.2) is 24.3 Å². The molecule has 0 aliphatic heterocycles. The molecule has 0 amide bonds. The van der Waals surface area contributed by atoms with Gasteiger partial charge in [-0.15, -0.1) is 0 Å². The van der Waals surface area contributed by atoms with E-state index in [0.29, 0.717) is 12.6 Å². The van der Waals surface area contributed by atoms with Crippen molar-refractivity contribution in [1.82, 2.24) is 5.32 Å². The third-order valence-electron chi connectivity index (χ3n) is 3.42. The standard InChI is InChI=1S/C14H18F3N/c15-14(16,17)8-3-9-18-13-7-6-11-4-1-2-5-12(11)10-13/h1-2,4-5,13,18H,3,6-10H2. The molecule has 100 valence electrons. The van der Waals surface area contributed by atoms with Crippen molar-refractivity contribution in [2.24, 2.45) is 0 Å². The summed E-state index contributed by atoms with van der Waals surface area (Å²) in [6.07, 6.45) is -1.58. The molecule has 1 unspecified atom stereocenters. The van der Waals surface area contributed by atoms with Crippen molar-refractivity contribution in [2.45, 2.75) is 44.3 Å². The molecule has 2 rings (SSSR count). The molecule has 0 radical (unpaired) electrons. The predicted octanol–water partition coefficient (Wildman–Crippen LogP) is 3.48. The summed E-state index contributed by atoms with van der Waals surface area (Å²) < 4.78 is 36.0. The average molecular weight is 257 g/mol. The van der Waals surface area contributed by atoms with E-state index in [-0.39, 0.29) is 6.42 Å². The fraction of sp³-hybridized carbons (Fsp3) is 0.571. The first-order valence-electron chi connectivity index (χ1n) is 6.41. The van der Waals surface area contributed by atoms with Crippen LogP contribution in [0.1, 0.15) is 30.4 Å². The Balaban J connectivity index is 1.73. The number of benzene rings is 1. The molecule has 0 aromatic heterocycles. The summed E-state index contributed by atoms with van der Waals surface area (Å²) in [5.41, 5.74) is 2.71. The van der Waals surface area contributed by atoms with Crippen molar-refractivity contribution in [2.75, 3.05) is 6.54 Å². The Bertz CT molecular complexity index is 387. The SMILES string of the molecule is FC(F)(F)CCCNC1CCc2ccccc2C1. The van der Waals surface area contributed by atoms with Crippen LogP contribution in [0.2, 0.25) is 0 Å². The first kappa shape index (κ1) is 13.4. The summed E-state index contributed by atoms with van der Waals surface area (Å²) in [6.45, 7) is 0.451. The Kier molecular flexibility index (Phi) is 4.27. The Morgan fingerprint density at radius 3 is 2.61 bits per heavy atom. The lowest BCUT2D eigenvalue weighted by Gasteiger charge is -2.25. The van der Waals surface area contributed by atoms with E-state index in [9.17, 15) is 13.2 Å². The number of halogens is 3. The molecular formula is C14H18F3N. The number of hydrogen-bond acceptors (Lipinski definition) is 1. The van der Waals surface area contributed by atoms with E-state index >= 15 is 0 Å². The summed E-state index contributed by atoms with van der Waals surface area (Å²) in [5, 5.41) is 3.24. The quantitative estimate of drug-likeness (QED) is 0.814. The Morgan fingerprint density at radius 2 is 1.89 bits per heavy atom. The van der Waals surface area contributed by atoms with Crippen molar-refractivity contribution in [1.29, 1.82) is 0 Å². The smallest absolute Gasteiger partial charge is 0.314 e. The van der Waals surface area contributed by atoms with Crippen molar-refractivity contribution < 1.29 is 13.2 Å². The Hall–Kier alpha value is -1.03. The van der Waals surface area contributed by atoms with Crippen molar-refractivity contribution in [3.63, 3.8) is 0 Å². The van der Waals surface area contributed by atoms with Gasteiger partial charge in [0.25, 0.3) is 0 Å². The first-order valence-corrected chi connectivity index (χ1v) is 6.41. The molecule has 1 aromatic rings. The molecule has 1 aliphatic carbocycles. The summed E-state index contributed by atoms with van der Waals surface area (Å²) in [5.74, 6) is 0. The zero-order valence-corrected chi connectivity index (χ0v) is 10.3. The number of rotatable bonds is 4. The summed E-state index contributed by atoms with van der Waals surface area (Å²) in [7, 11) is 0. The second-order valence-electron chi connectivity index (χ2n) is 4.88. The van der Waals surface area contributed by atoms with Gasteiger partial charge in [-0.2, -0.15) is 13.2 Å². The number of nitrogens with one attached hydrogen (secondary N) is 1. The minimum absolute atomic E-state index is 0.168. The number of aryl methyl sites for hydroxylation is 1. The molecule has 1 nitrogen and oxygen atoms in total. The molecule has 0 fully saturated rings. The molecule has 1 N–H and O–H groups in total. The lowest BCUT2D eigenvalue weighted by molar-refractivity contribution is -0.135. The van der Waals surface area contributed by atoms with Crippen LogP contribution in [0.5, 0.6) is 0 Å². The highest BCUT2D eigenvalue weighted by atomic mass is 19.4. The van der Waals surface area contributed by atoms with Gasteiger partial charge in [-0.25, -0.2) is 0 Å². The largest absolute Gasteiger partial charge is 0.389 e. The van der Waals surface area contributed by atoms with E-state index in [0.717, 1.165) is 19.3 Å². The Labute approximate surface area is 105 Å². The summed E-state index contributed by atoms with van der Waals surface area (Å²) in [6, 6.07) is 8.63. The monoisotopic (exact) mass is 257 g/mol. The van der Waals surface area contributed by atoms with Gasteiger partial charge in [-0.05, 0) is 43.4 Å². The fourth-order valence-electron chi connectivity index (χ4n) is 2.47. The van der Waals surface area contributed by atoms with E-state index in [1.165, 1.54) is 11.1 Å². The maximum atomic E-state index is 12.0. The molecule has 0 saturated carbocycles. The molecule has 4 heteroatoms. The van der Waals surface area contributed by atoms with Gasteiger partial charge >= 0.3 is 6.18 Å². The lowest BCUT2D eigenvalue weighted by atomic mass is 9.88. The Morgan fingerprint density at radius 1 is 1.17 bits per heavy atom. The van der Waals surface area contributed by atoms with E-state index in [1.807, 2.05) is 12.1 Å². The van der Waals surface area contributed by atoms with Gasteiger partial charge in [0.05, 0.1) is 0 Å². The van der Waals surface area contributed by atoms with Crippen LogP contribution in [0.3, 0.4) is 0 Å². The van der Waals surface area contributed by atoms with Crippen LogP contribution in [-0.4, -0.2) is 18.8 Å². The number of alkyl halides is 3. The second kappa shape index (κ2) is 5.74. The molecule has 1 aliphatic rings. The molecule has 0 saturated heterocycles. The van der Waals surface area contributed by atoms with Gasteiger partial charge in [0.2, 0.25) is 0 Å². The third kappa shape index (κ3) is 4.02. The van der Waals surface area contributed by atoms with Crippen LogP contribution in [0.25, 0.3) is 0 Å². The van der Waals surface area contributed by atoms with Crippen LogP contribution in [0, 0.1) is 0 Å². The van der Waals surface area contributed by atoms with E-state index < -0.39 is 12.6 Å². The van der Waals surface area contributed by atoms with E-state index in [1.54, 1.807) is 0 Å². The van der Waals surface area contributed by atoms with E-state index in [2.05, 4.69) is 17.4 Å². The highest BCUT2D eigenvalue weighted by Crippen LogP contribution is 2.22. The minimum atomic E-state index is -4.03. The molecule has 0 spiro atoms. The topological polar surface area (TPSA) is 12.0 Å². The molecular weight excluding hydrogens is 239 g/mol. The van der Waals surface area contributed by atoms with Gasteiger partial charge in [0, 0.05) is 12.5 Å². The van der Waals surface area contributed by atoms with Gasteiger partial charge in [-0.1, -0.05) is 24.3 Å². The molecule has 0 bridgehead atoms. The third-order valence-corrected chi connectivity index (χ3v) is 3.42. The molecule has 1 atom stereocenters. The van der Waals surface area contributed by atoms with Gasteiger partial charge < -0.3 is 5.32 Å². The van der Waals surface area contributed by atoms with Crippen molar-refractivity contribution in [3.8, 4) is 0 Å². The van der Waals surface area contributed by atoms with Gasteiger partial charge in [0.1, 0.15) is 0 Å². The van der Waals surface area contributed by atoms with Crippen LogP contribution in [0.4, 0.5) is 13.2 Å². The molecule has 0 heterocycles. The van der Waals surface area contributed by atoms with Crippen LogP contribution in [-0.2, 0) is 12.8 Å². The average Bonchev–Trinajstić information content (AvgIpc) is 2.33. The maximum absolute atomic E-state index is 12.0. The molecule has 18 heavy (non-hydrogen) atoms. The maximum Gasteiger partial charge on any atom is 0.389 e. The number of hydrogen-bond donors (Lipinski definition) is 1. The van der Waals surface area contributed by atoms with Crippen LogP contribution < -0.4 is 5.32 Å². The van der Waals surface area contributed by atoms with Crippen molar-refractivity contribution >= 4 is 0 Å². The highest BCUT2D eigenvalue weighted by molar-refractivity contribution is 5.30. The second-order valence-corrected chi connectivity index (χ2v) is 4.88. The lowest BCUT2D eigenvalue weighted by Crippen LogP contribution is -2.35. The fourth-order valence-corrected chi connectivity index (χ4v) is 2.47. The molecule has 1 aromatic carbocycles. The highest BCUT2D eigenvalue weighted by Gasteiger charge is 2.26. The van der Waals surface area contributed by atoms with Gasteiger partial charge in [0.15, 0.2) is 0 Å². The zero-order chi connectivity index (χ0) is 13.0. The summed E-state index contributed by atoms with van der Waals surface area (Å²) >= 11 is 0. The van der Waals surface area contributed by atoms with Crippen molar-refractivity contribution in [3.05, 3.63) is 35.4 Å². The summed E-state index contributed by atoms with van der Waals surface area (Å²) in [4.78, 5) is 0. The number of fused-ring (bicyclic) bond motifs is 1. The van der Waals surface area contributed by atoms with E-state index in [4.69, 9.17) is 0 Å². The first-order chi connectivity index (χ1) is 8.54. The zero-order valence-electron chi connectivity index (χ0n) is 10.3. The van der Waals surface area contributed by atoms with Crippen LogP contribution >= 0.6 is 0 Å². The normalized spacial score (nSPS) is 19.6.